The first-order chi connectivity index (χ1) is 10.1. The van der Waals surface area contributed by atoms with Gasteiger partial charge in [-0.3, -0.25) is 4.98 Å². The third kappa shape index (κ3) is 4.28. The number of rotatable bonds is 6. The van der Waals surface area contributed by atoms with E-state index in [4.69, 9.17) is 4.74 Å². The highest BCUT2D eigenvalue weighted by molar-refractivity contribution is 7.89. The SMILES string of the molecule is CCOc1ccc(S(=O)(=O)N/N=C\c2cccnc2)cc1. The Balaban J connectivity index is 2.06. The molecule has 0 aliphatic carbocycles. The van der Waals surface area contributed by atoms with Crippen LogP contribution in [0.4, 0.5) is 0 Å². The van der Waals surface area contributed by atoms with E-state index in [1.165, 1.54) is 18.3 Å². The second-order valence-corrected chi connectivity index (χ2v) is 5.70. The van der Waals surface area contributed by atoms with Crippen molar-refractivity contribution < 1.29 is 13.2 Å². The first kappa shape index (κ1) is 15.0. The number of nitrogens with one attached hydrogen (secondary N) is 1. The largest absolute Gasteiger partial charge is 0.494 e. The van der Waals surface area contributed by atoms with Crippen LogP contribution in [0.1, 0.15) is 12.5 Å². The minimum atomic E-state index is -3.69. The van der Waals surface area contributed by atoms with E-state index in [0.29, 0.717) is 17.9 Å². The van der Waals surface area contributed by atoms with E-state index in [-0.39, 0.29) is 4.90 Å². The molecule has 0 aliphatic rings. The van der Waals surface area contributed by atoms with Gasteiger partial charge < -0.3 is 4.74 Å². The number of benzene rings is 1. The molecular formula is C14H15N3O3S. The molecule has 0 unspecified atom stereocenters. The van der Waals surface area contributed by atoms with Crippen LogP contribution in [-0.4, -0.2) is 26.2 Å². The summed E-state index contributed by atoms with van der Waals surface area (Å²) in [5.41, 5.74) is 0.701. The standard InChI is InChI=1S/C14H15N3O3S/c1-2-20-13-5-7-14(8-6-13)21(18,19)17-16-11-12-4-3-9-15-10-12/h3-11,17H,2H2,1H3/b16-11-. The fraction of sp³-hybridized carbons (Fsp3) is 0.143. The molecule has 0 aliphatic heterocycles. The third-order valence-corrected chi connectivity index (χ3v) is 3.75. The predicted octanol–water partition coefficient (Wildman–Crippen LogP) is 1.79. The summed E-state index contributed by atoms with van der Waals surface area (Å²) < 4.78 is 29.3. The molecule has 0 atom stereocenters. The highest BCUT2D eigenvalue weighted by Gasteiger charge is 2.12. The number of ether oxygens (including phenoxy) is 1. The Hall–Kier alpha value is -2.41. The van der Waals surface area contributed by atoms with Crippen LogP contribution in [-0.2, 0) is 10.0 Å². The number of hydrazone groups is 1. The van der Waals surface area contributed by atoms with Crippen LogP contribution in [0.25, 0.3) is 0 Å². The van der Waals surface area contributed by atoms with Crippen molar-refractivity contribution in [2.45, 2.75) is 11.8 Å². The van der Waals surface area contributed by atoms with Crippen LogP contribution in [0.2, 0.25) is 0 Å². The number of sulfonamides is 1. The maximum atomic E-state index is 12.0. The number of hydrogen-bond donors (Lipinski definition) is 1. The maximum absolute atomic E-state index is 12.0. The van der Waals surface area contributed by atoms with Crippen molar-refractivity contribution in [3.63, 3.8) is 0 Å². The molecule has 1 aromatic heterocycles. The normalized spacial score (nSPS) is 11.5. The summed E-state index contributed by atoms with van der Waals surface area (Å²) in [5.74, 6) is 0.621. The highest BCUT2D eigenvalue weighted by atomic mass is 32.2. The molecule has 0 amide bonds. The molecule has 6 nitrogen and oxygen atoms in total. The van der Waals surface area contributed by atoms with Gasteiger partial charge >= 0.3 is 0 Å². The van der Waals surface area contributed by atoms with Crippen LogP contribution in [0.15, 0.2) is 58.8 Å². The van der Waals surface area contributed by atoms with Gasteiger partial charge in [0.2, 0.25) is 0 Å². The predicted molar refractivity (Wildman–Crippen MR) is 79.8 cm³/mol. The van der Waals surface area contributed by atoms with E-state index >= 15 is 0 Å². The van der Waals surface area contributed by atoms with Crippen molar-refractivity contribution in [1.82, 2.24) is 9.82 Å². The maximum Gasteiger partial charge on any atom is 0.276 e. The highest BCUT2D eigenvalue weighted by Crippen LogP contribution is 2.15. The summed E-state index contributed by atoms with van der Waals surface area (Å²) in [6.45, 7) is 2.39. The van der Waals surface area contributed by atoms with Gasteiger partial charge in [0.15, 0.2) is 0 Å². The van der Waals surface area contributed by atoms with E-state index in [0.717, 1.165) is 0 Å². The minimum absolute atomic E-state index is 0.120. The van der Waals surface area contributed by atoms with Crippen molar-refractivity contribution in [2.75, 3.05) is 6.61 Å². The van der Waals surface area contributed by atoms with E-state index in [9.17, 15) is 8.42 Å². The molecule has 0 saturated carbocycles. The molecule has 0 spiro atoms. The Morgan fingerprint density at radius 2 is 2.05 bits per heavy atom. The van der Waals surface area contributed by atoms with Gasteiger partial charge in [-0.25, -0.2) is 4.83 Å². The van der Waals surface area contributed by atoms with Gasteiger partial charge in [0.25, 0.3) is 10.0 Å². The zero-order valence-corrected chi connectivity index (χ0v) is 12.2. The van der Waals surface area contributed by atoms with Crippen LogP contribution in [0.5, 0.6) is 5.75 Å². The monoisotopic (exact) mass is 305 g/mol. The molecular weight excluding hydrogens is 290 g/mol. The van der Waals surface area contributed by atoms with Crippen LogP contribution in [0.3, 0.4) is 0 Å². The fourth-order valence-electron chi connectivity index (χ4n) is 1.56. The van der Waals surface area contributed by atoms with E-state index in [1.807, 2.05) is 6.92 Å². The summed E-state index contributed by atoms with van der Waals surface area (Å²) in [7, 11) is -3.69. The van der Waals surface area contributed by atoms with Crippen LogP contribution in [0, 0.1) is 0 Å². The van der Waals surface area contributed by atoms with Gasteiger partial charge in [0, 0.05) is 18.0 Å². The fourth-order valence-corrected chi connectivity index (χ4v) is 2.35. The summed E-state index contributed by atoms with van der Waals surface area (Å²) >= 11 is 0. The molecule has 0 radical (unpaired) electrons. The van der Waals surface area contributed by atoms with E-state index < -0.39 is 10.0 Å². The molecule has 1 N–H and O–H groups in total. The second kappa shape index (κ2) is 6.85. The Bertz CT molecular complexity index is 698. The summed E-state index contributed by atoms with van der Waals surface area (Å²) in [6, 6.07) is 9.63. The molecule has 1 aromatic carbocycles. The van der Waals surface area contributed by atoms with Crippen LogP contribution < -0.4 is 9.57 Å². The van der Waals surface area contributed by atoms with Gasteiger partial charge in [-0.2, -0.15) is 13.5 Å². The number of hydrogen-bond acceptors (Lipinski definition) is 5. The second-order valence-electron chi connectivity index (χ2n) is 4.04. The Morgan fingerprint density at radius 1 is 1.29 bits per heavy atom. The van der Waals surface area contributed by atoms with Crippen LogP contribution >= 0.6 is 0 Å². The third-order valence-electron chi connectivity index (χ3n) is 2.52. The first-order valence-electron chi connectivity index (χ1n) is 6.29. The van der Waals surface area contributed by atoms with E-state index in [2.05, 4.69) is 14.9 Å². The van der Waals surface area contributed by atoms with Crippen molar-refractivity contribution in [2.24, 2.45) is 5.10 Å². The average Bonchev–Trinajstić information content (AvgIpc) is 2.49. The minimum Gasteiger partial charge on any atom is -0.494 e. The lowest BCUT2D eigenvalue weighted by Gasteiger charge is -2.05. The number of aromatic nitrogens is 1. The molecule has 2 rings (SSSR count). The topological polar surface area (TPSA) is 80.7 Å². The van der Waals surface area contributed by atoms with Gasteiger partial charge in [-0.05, 0) is 37.3 Å². The number of pyridine rings is 1. The molecule has 7 heteroatoms. The molecule has 110 valence electrons. The van der Waals surface area contributed by atoms with Crippen molar-refractivity contribution >= 4 is 16.2 Å². The summed E-state index contributed by atoms with van der Waals surface area (Å²) in [4.78, 5) is 6.17. The van der Waals surface area contributed by atoms with Gasteiger partial charge in [-0.15, -0.1) is 0 Å². The zero-order valence-electron chi connectivity index (χ0n) is 11.4. The molecule has 1 heterocycles. The average molecular weight is 305 g/mol. The summed E-state index contributed by atoms with van der Waals surface area (Å²) in [6.07, 6.45) is 4.59. The molecule has 0 fully saturated rings. The Labute approximate surface area is 123 Å². The summed E-state index contributed by atoms with van der Waals surface area (Å²) in [5, 5.41) is 3.71. The lowest BCUT2D eigenvalue weighted by Crippen LogP contribution is -2.18. The van der Waals surface area contributed by atoms with Gasteiger partial charge in [0.1, 0.15) is 5.75 Å². The molecule has 21 heavy (non-hydrogen) atoms. The van der Waals surface area contributed by atoms with E-state index in [1.54, 1.807) is 36.7 Å². The Morgan fingerprint density at radius 3 is 2.67 bits per heavy atom. The first-order valence-corrected chi connectivity index (χ1v) is 7.78. The molecule has 0 saturated heterocycles. The quantitative estimate of drug-likeness (QED) is 0.652. The number of nitrogens with zero attached hydrogens (tertiary/aromatic N) is 2. The van der Waals surface area contributed by atoms with Gasteiger partial charge in [0.05, 0.1) is 17.7 Å². The zero-order chi connectivity index (χ0) is 15.1. The molecule has 0 bridgehead atoms. The van der Waals surface area contributed by atoms with Gasteiger partial charge in [-0.1, -0.05) is 6.07 Å². The lowest BCUT2D eigenvalue weighted by atomic mass is 10.3. The lowest BCUT2D eigenvalue weighted by molar-refractivity contribution is 0.340. The Kier molecular flexibility index (Phi) is 4.89. The van der Waals surface area contributed by atoms with Crippen molar-refractivity contribution in [1.29, 1.82) is 0 Å². The molecule has 2 aromatic rings. The van der Waals surface area contributed by atoms with Crippen molar-refractivity contribution in [3.05, 3.63) is 54.4 Å². The smallest absolute Gasteiger partial charge is 0.276 e. The van der Waals surface area contributed by atoms with Crippen molar-refractivity contribution in [3.8, 4) is 5.75 Å².